The van der Waals surface area contributed by atoms with Crippen LogP contribution in [0.3, 0.4) is 0 Å². The molecule has 0 unspecified atom stereocenters. The Morgan fingerprint density at radius 1 is 0.950 bits per heavy atom. The highest BCUT2D eigenvalue weighted by atomic mass is 15.2. The van der Waals surface area contributed by atoms with Crippen LogP contribution in [0, 0.1) is 0 Å². The quantitative estimate of drug-likeness (QED) is 0.881. The summed E-state index contributed by atoms with van der Waals surface area (Å²) in [5, 5.41) is 3.75. The Morgan fingerprint density at radius 3 is 2.35 bits per heavy atom. The minimum absolute atomic E-state index is 0.726. The lowest BCUT2D eigenvalue weighted by atomic mass is 10.1. The number of nitrogens with zero attached hydrogens (tertiary/aromatic N) is 1. The molecule has 1 heterocycles. The van der Waals surface area contributed by atoms with E-state index in [1.54, 1.807) is 11.1 Å². The minimum Gasteiger partial charge on any atom is -0.301 e. The Bertz CT molecular complexity index is 443. The van der Waals surface area contributed by atoms with E-state index in [0.717, 1.165) is 24.5 Å². The normalized spacial score (nSPS) is 30.4. The number of likely N-dealkylation sites (tertiary alicyclic amines) is 1. The number of hydrogen-bond acceptors (Lipinski definition) is 2. The van der Waals surface area contributed by atoms with Crippen LogP contribution in [0.25, 0.3) is 0 Å². The topological polar surface area (TPSA) is 15.3 Å². The van der Waals surface area contributed by atoms with Crippen LogP contribution in [-0.4, -0.2) is 30.7 Å². The first kappa shape index (κ1) is 12.8. The Hall–Kier alpha value is -0.860. The molecule has 4 rings (SSSR count). The van der Waals surface area contributed by atoms with Gasteiger partial charge in [0.15, 0.2) is 0 Å². The number of piperidine rings is 1. The molecular formula is C18H26N2. The molecule has 2 nitrogen and oxygen atoms in total. The largest absolute Gasteiger partial charge is 0.301 e. The van der Waals surface area contributed by atoms with Gasteiger partial charge in [0.25, 0.3) is 0 Å². The monoisotopic (exact) mass is 270 g/mol. The summed E-state index contributed by atoms with van der Waals surface area (Å²) in [6.45, 7) is 3.68. The van der Waals surface area contributed by atoms with E-state index in [1.807, 2.05) is 0 Å². The fourth-order valence-electron chi connectivity index (χ4n) is 3.58. The van der Waals surface area contributed by atoms with E-state index in [9.17, 15) is 0 Å². The predicted molar refractivity (Wildman–Crippen MR) is 83.0 cm³/mol. The van der Waals surface area contributed by atoms with Gasteiger partial charge in [-0.1, -0.05) is 30.7 Å². The summed E-state index contributed by atoms with van der Waals surface area (Å²) in [7, 11) is 0. The molecule has 3 fully saturated rings. The Labute approximate surface area is 122 Å². The average molecular weight is 270 g/mol. The van der Waals surface area contributed by atoms with Crippen LogP contribution in [0.5, 0.6) is 0 Å². The molecule has 0 amide bonds. The van der Waals surface area contributed by atoms with Crippen molar-refractivity contribution in [3.05, 3.63) is 35.4 Å². The van der Waals surface area contributed by atoms with Gasteiger partial charge in [-0.05, 0) is 62.2 Å². The molecule has 1 aromatic rings. The molecule has 2 atom stereocenters. The highest BCUT2D eigenvalue weighted by Gasteiger charge is 2.38. The first-order valence-electron chi connectivity index (χ1n) is 8.46. The maximum atomic E-state index is 3.75. The third-order valence-corrected chi connectivity index (χ3v) is 5.23. The van der Waals surface area contributed by atoms with Crippen molar-refractivity contribution in [1.82, 2.24) is 10.2 Å². The van der Waals surface area contributed by atoms with Gasteiger partial charge in [0, 0.05) is 18.6 Å². The van der Waals surface area contributed by atoms with Crippen molar-refractivity contribution in [2.75, 3.05) is 19.8 Å². The molecule has 0 spiro atoms. The summed E-state index contributed by atoms with van der Waals surface area (Å²) >= 11 is 0. The smallest absolute Gasteiger partial charge is 0.0482 e. The van der Waals surface area contributed by atoms with E-state index < -0.39 is 0 Å². The molecule has 0 aromatic heterocycles. The van der Waals surface area contributed by atoms with Crippen molar-refractivity contribution in [1.29, 1.82) is 0 Å². The van der Waals surface area contributed by atoms with E-state index in [2.05, 4.69) is 34.5 Å². The summed E-state index contributed by atoms with van der Waals surface area (Å²) in [6.07, 6.45) is 8.34. The Kier molecular flexibility index (Phi) is 3.53. The fraction of sp³-hybridized carbons (Fsp3) is 0.667. The van der Waals surface area contributed by atoms with E-state index in [1.165, 1.54) is 51.6 Å². The molecule has 108 valence electrons. The lowest BCUT2D eigenvalue weighted by Gasteiger charge is -2.26. The molecular weight excluding hydrogens is 244 g/mol. The summed E-state index contributed by atoms with van der Waals surface area (Å²) in [6, 6.07) is 10.2. The lowest BCUT2D eigenvalue weighted by molar-refractivity contribution is 0.211. The van der Waals surface area contributed by atoms with Gasteiger partial charge in [0.2, 0.25) is 0 Å². The predicted octanol–water partition coefficient (Wildman–Crippen LogP) is 3.45. The summed E-state index contributed by atoms with van der Waals surface area (Å²) < 4.78 is 0. The van der Waals surface area contributed by atoms with E-state index in [4.69, 9.17) is 0 Å². The third kappa shape index (κ3) is 2.91. The zero-order chi connectivity index (χ0) is 13.4. The maximum Gasteiger partial charge on any atom is 0.0482 e. The highest BCUT2D eigenvalue weighted by molar-refractivity contribution is 5.33. The van der Waals surface area contributed by atoms with Crippen LogP contribution in [-0.2, 0) is 0 Å². The fourth-order valence-corrected chi connectivity index (χ4v) is 3.58. The summed E-state index contributed by atoms with van der Waals surface area (Å²) in [4.78, 5) is 2.58. The molecule has 1 saturated heterocycles. The van der Waals surface area contributed by atoms with Crippen LogP contribution in [0.4, 0.5) is 0 Å². The molecule has 0 radical (unpaired) electrons. The first-order valence-corrected chi connectivity index (χ1v) is 8.46. The van der Waals surface area contributed by atoms with Crippen LogP contribution in [0.15, 0.2) is 24.3 Å². The van der Waals surface area contributed by atoms with Crippen molar-refractivity contribution >= 4 is 0 Å². The van der Waals surface area contributed by atoms with Crippen molar-refractivity contribution in [3.63, 3.8) is 0 Å². The molecule has 1 aliphatic heterocycles. The SMILES string of the molecule is c1cc([C@@H]2C[C@H]2NCN2CCCCC2)ccc1C1CC1. The second-order valence-corrected chi connectivity index (χ2v) is 6.93. The highest BCUT2D eigenvalue weighted by Crippen LogP contribution is 2.43. The van der Waals surface area contributed by atoms with Gasteiger partial charge in [-0.25, -0.2) is 0 Å². The van der Waals surface area contributed by atoms with Gasteiger partial charge in [0.1, 0.15) is 0 Å². The Morgan fingerprint density at radius 2 is 1.65 bits per heavy atom. The van der Waals surface area contributed by atoms with E-state index >= 15 is 0 Å². The summed E-state index contributed by atoms with van der Waals surface area (Å²) in [5.74, 6) is 1.66. The number of benzene rings is 1. The van der Waals surface area contributed by atoms with Gasteiger partial charge in [-0.15, -0.1) is 0 Å². The van der Waals surface area contributed by atoms with Crippen molar-refractivity contribution in [2.45, 2.75) is 56.4 Å². The lowest BCUT2D eigenvalue weighted by Crippen LogP contribution is -2.38. The van der Waals surface area contributed by atoms with Gasteiger partial charge in [-0.3, -0.25) is 4.90 Å². The third-order valence-electron chi connectivity index (χ3n) is 5.23. The number of hydrogen-bond donors (Lipinski definition) is 1. The maximum absolute atomic E-state index is 3.75. The molecule has 3 aliphatic rings. The molecule has 1 aromatic carbocycles. The van der Waals surface area contributed by atoms with Gasteiger partial charge >= 0.3 is 0 Å². The van der Waals surface area contributed by atoms with Gasteiger partial charge in [0.05, 0.1) is 0 Å². The number of rotatable bonds is 5. The van der Waals surface area contributed by atoms with E-state index in [-0.39, 0.29) is 0 Å². The van der Waals surface area contributed by atoms with Crippen LogP contribution in [0.2, 0.25) is 0 Å². The van der Waals surface area contributed by atoms with E-state index in [0.29, 0.717) is 0 Å². The average Bonchev–Trinajstić information content (AvgIpc) is 3.40. The van der Waals surface area contributed by atoms with Crippen LogP contribution >= 0.6 is 0 Å². The van der Waals surface area contributed by atoms with Crippen molar-refractivity contribution in [2.24, 2.45) is 0 Å². The zero-order valence-electron chi connectivity index (χ0n) is 12.4. The molecule has 0 bridgehead atoms. The molecule has 2 aliphatic carbocycles. The zero-order valence-corrected chi connectivity index (χ0v) is 12.4. The molecule has 1 N–H and O–H groups in total. The standard InChI is InChI=1S/C18H26N2/c1-2-10-20(11-3-1)13-19-18-12-17(18)16-8-6-15(7-9-16)14-4-5-14/h6-9,14,17-19H,1-5,10-13H2/t17-,18+/m0/s1. The van der Waals surface area contributed by atoms with Crippen molar-refractivity contribution < 1.29 is 0 Å². The first-order chi connectivity index (χ1) is 9.90. The molecule has 20 heavy (non-hydrogen) atoms. The molecule has 2 saturated carbocycles. The number of nitrogens with one attached hydrogen (secondary N) is 1. The Balaban J connectivity index is 1.26. The van der Waals surface area contributed by atoms with Gasteiger partial charge in [-0.2, -0.15) is 0 Å². The van der Waals surface area contributed by atoms with Crippen LogP contribution < -0.4 is 5.32 Å². The second kappa shape index (κ2) is 5.50. The van der Waals surface area contributed by atoms with Gasteiger partial charge < -0.3 is 5.32 Å². The summed E-state index contributed by atoms with van der Waals surface area (Å²) in [5.41, 5.74) is 3.11. The molecule has 2 heteroatoms. The minimum atomic E-state index is 0.726. The van der Waals surface area contributed by atoms with Crippen LogP contribution in [0.1, 0.15) is 61.5 Å². The van der Waals surface area contributed by atoms with Crippen molar-refractivity contribution in [3.8, 4) is 0 Å². The second-order valence-electron chi connectivity index (χ2n) is 6.93.